The number of hydrogen-bond donors (Lipinski definition) is 0. The summed E-state index contributed by atoms with van der Waals surface area (Å²) in [4.78, 5) is 26.1. The van der Waals surface area contributed by atoms with Gasteiger partial charge in [0.05, 0.1) is 0 Å². The minimum absolute atomic E-state index is 0.122. The summed E-state index contributed by atoms with van der Waals surface area (Å²) < 4.78 is 5.67. The molecule has 0 spiro atoms. The van der Waals surface area contributed by atoms with Crippen molar-refractivity contribution in [1.82, 2.24) is 4.90 Å². The van der Waals surface area contributed by atoms with Crippen LogP contribution in [0.3, 0.4) is 0 Å². The highest BCUT2D eigenvalue weighted by atomic mass is 16.5. The van der Waals surface area contributed by atoms with E-state index in [0.29, 0.717) is 12.2 Å². The highest BCUT2D eigenvalue weighted by molar-refractivity contribution is 6.23. The Labute approximate surface area is 133 Å². The number of carbonyl (C=O) groups is 2. The Bertz CT molecular complexity index is 502. The molecule has 2 aliphatic rings. The molecule has 4 heteroatoms. The summed E-state index contributed by atoms with van der Waals surface area (Å²) in [5.74, 6) is 0.148. The lowest BCUT2D eigenvalue weighted by atomic mass is 9.96. The monoisotopic (exact) mass is 305 g/mol. The average molecular weight is 305 g/mol. The Balaban J connectivity index is 0.00000116. The SMILES string of the molecule is CC.CC/C=C/C=C/C1OC2=C(C1=O)C(=O)N(C)C(CC)C2. The van der Waals surface area contributed by atoms with Gasteiger partial charge >= 0.3 is 0 Å². The largest absolute Gasteiger partial charge is 0.481 e. The Morgan fingerprint density at radius 2 is 1.91 bits per heavy atom. The van der Waals surface area contributed by atoms with Crippen molar-refractivity contribution in [3.05, 3.63) is 35.6 Å². The lowest BCUT2D eigenvalue weighted by molar-refractivity contribution is -0.131. The van der Waals surface area contributed by atoms with Crippen LogP contribution in [0.1, 0.15) is 47.0 Å². The zero-order valence-electron chi connectivity index (χ0n) is 14.3. The lowest BCUT2D eigenvalue weighted by Gasteiger charge is -2.31. The van der Waals surface area contributed by atoms with Gasteiger partial charge in [-0.3, -0.25) is 9.59 Å². The Hall–Kier alpha value is -1.84. The average Bonchev–Trinajstić information content (AvgIpc) is 2.85. The van der Waals surface area contributed by atoms with Crippen LogP contribution in [0, 0.1) is 0 Å². The van der Waals surface area contributed by atoms with Gasteiger partial charge in [0.2, 0.25) is 5.78 Å². The van der Waals surface area contributed by atoms with Crippen LogP contribution in [0.5, 0.6) is 0 Å². The third-order valence-corrected chi connectivity index (χ3v) is 3.80. The van der Waals surface area contributed by atoms with Crippen molar-refractivity contribution in [2.75, 3.05) is 7.05 Å². The van der Waals surface area contributed by atoms with E-state index < -0.39 is 6.10 Å². The Morgan fingerprint density at radius 3 is 2.50 bits per heavy atom. The van der Waals surface area contributed by atoms with Crippen LogP contribution < -0.4 is 0 Å². The van der Waals surface area contributed by atoms with E-state index in [4.69, 9.17) is 4.74 Å². The summed E-state index contributed by atoms with van der Waals surface area (Å²) in [6.07, 6.45) is 9.18. The number of ether oxygens (including phenoxy) is 1. The molecule has 2 rings (SSSR count). The van der Waals surface area contributed by atoms with Crippen molar-refractivity contribution in [1.29, 1.82) is 0 Å². The van der Waals surface area contributed by atoms with Gasteiger partial charge < -0.3 is 9.64 Å². The maximum Gasteiger partial charge on any atom is 0.261 e. The van der Waals surface area contributed by atoms with Crippen molar-refractivity contribution >= 4 is 11.7 Å². The van der Waals surface area contributed by atoms with Gasteiger partial charge in [0.1, 0.15) is 11.3 Å². The zero-order chi connectivity index (χ0) is 16.7. The second kappa shape index (κ2) is 8.57. The van der Waals surface area contributed by atoms with E-state index in [2.05, 4.69) is 0 Å². The second-order valence-corrected chi connectivity index (χ2v) is 5.10. The van der Waals surface area contributed by atoms with E-state index in [0.717, 1.165) is 12.8 Å². The van der Waals surface area contributed by atoms with Crippen molar-refractivity contribution < 1.29 is 14.3 Å². The summed E-state index contributed by atoms with van der Waals surface area (Å²) in [5, 5.41) is 0. The van der Waals surface area contributed by atoms with Crippen LogP contribution in [0.4, 0.5) is 0 Å². The van der Waals surface area contributed by atoms with Gasteiger partial charge in [0.25, 0.3) is 5.91 Å². The van der Waals surface area contributed by atoms with Crippen LogP contribution in [0.25, 0.3) is 0 Å². The molecule has 22 heavy (non-hydrogen) atoms. The molecule has 0 aromatic carbocycles. The molecule has 0 aromatic rings. The third kappa shape index (κ3) is 3.67. The highest BCUT2D eigenvalue weighted by Crippen LogP contribution is 2.33. The van der Waals surface area contributed by atoms with Gasteiger partial charge in [-0.05, 0) is 18.9 Å². The topological polar surface area (TPSA) is 46.6 Å². The van der Waals surface area contributed by atoms with E-state index in [1.807, 2.05) is 39.8 Å². The number of rotatable bonds is 4. The quantitative estimate of drug-likeness (QED) is 0.591. The molecule has 2 aliphatic heterocycles. The zero-order valence-corrected chi connectivity index (χ0v) is 14.3. The van der Waals surface area contributed by atoms with Crippen LogP contribution in [-0.2, 0) is 14.3 Å². The number of likely N-dealkylation sites (N-methyl/N-ethyl adjacent to an activating group) is 1. The molecule has 0 saturated heterocycles. The molecule has 1 amide bonds. The number of allylic oxidation sites excluding steroid dienone is 3. The van der Waals surface area contributed by atoms with Crippen LogP contribution >= 0.6 is 0 Å². The van der Waals surface area contributed by atoms with E-state index in [1.165, 1.54) is 0 Å². The van der Waals surface area contributed by atoms with Crippen LogP contribution in [-0.4, -0.2) is 35.8 Å². The molecule has 2 atom stereocenters. The van der Waals surface area contributed by atoms with Gasteiger partial charge in [-0.15, -0.1) is 0 Å². The number of ketones is 1. The van der Waals surface area contributed by atoms with Crippen molar-refractivity contribution in [2.24, 2.45) is 0 Å². The molecule has 0 fully saturated rings. The molecule has 4 nitrogen and oxygen atoms in total. The van der Waals surface area contributed by atoms with Gasteiger partial charge in [-0.2, -0.15) is 0 Å². The highest BCUT2D eigenvalue weighted by Gasteiger charge is 2.43. The predicted molar refractivity (Wildman–Crippen MR) is 88.3 cm³/mol. The second-order valence-electron chi connectivity index (χ2n) is 5.10. The molecular formula is C18H27NO3. The summed E-state index contributed by atoms with van der Waals surface area (Å²) in [5.41, 5.74) is 0.242. The molecule has 0 bridgehead atoms. The minimum atomic E-state index is -0.644. The first-order valence-corrected chi connectivity index (χ1v) is 8.14. The fourth-order valence-corrected chi connectivity index (χ4v) is 2.54. The molecule has 0 N–H and O–H groups in total. The first-order chi connectivity index (χ1) is 10.6. The first kappa shape index (κ1) is 18.2. The molecular weight excluding hydrogens is 278 g/mol. The van der Waals surface area contributed by atoms with Crippen molar-refractivity contribution in [3.8, 4) is 0 Å². The third-order valence-electron chi connectivity index (χ3n) is 3.80. The minimum Gasteiger partial charge on any atom is -0.481 e. The molecule has 0 radical (unpaired) electrons. The molecule has 0 saturated carbocycles. The number of carbonyl (C=O) groups excluding carboxylic acids is 2. The smallest absolute Gasteiger partial charge is 0.261 e. The van der Waals surface area contributed by atoms with E-state index in [-0.39, 0.29) is 23.3 Å². The predicted octanol–water partition coefficient (Wildman–Crippen LogP) is 3.40. The van der Waals surface area contributed by atoms with Gasteiger partial charge in [0, 0.05) is 19.5 Å². The van der Waals surface area contributed by atoms with E-state index >= 15 is 0 Å². The molecule has 2 heterocycles. The fraction of sp³-hybridized carbons (Fsp3) is 0.556. The standard InChI is InChI=1S/C16H21NO3.C2H6/c1-4-6-7-8-9-12-15(18)14-13(20-12)10-11(5-2)17(3)16(14)19;1-2/h6-9,11-12H,4-5,10H2,1-3H3;1-2H3/b7-6+,9-8+;. The molecule has 0 aliphatic carbocycles. The first-order valence-electron chi connectivity index (χ1n) is 8.14. The number of hydrogen-bond acceptors (Lipinski definition) is 3. The maximum atomic E-state index is 12.2. The maximum absolute atomic E-state index is 12.2. The molecule has 122 valence electrons. The summed E-state index contributed by atoms with van der Waals surface area (Å²) in [6, 6.07) is 0.122. The van der Waals surface area contributed by atoms with Crippen molar-refractivity contribution in [2.45, 2.75) is 59.1 Å². The Morgan fingerprint density at radius 1 is 1.23 bits per heavy atom. The number of nitrogens with zero attached hydrogens (tertiary/aromatic N) is 1. The number of amides is 1. The number of Topliss-reactive ketones (excluding diaryl/α,β-unsaturated/α-hetero) is 1. The summed E-state index contributed by atoms with van der Waals surface area (Å²) in [6.45, 7) is 8.07. The molecule has 2 unspecified atom stereocenters. The lowest BCUT2D eigenvalue weighted by Crippen LogP contribution is -2.42. The van der Waals surface area contributed by atoms with Gasteiger partial charge in [-0.25, -0.2) is 0 Å². The fourth-order valence-electron chi connectivity index (χ4n) is 2.54. The van der Waals surface area contributed by atoms with Crippen LogP contribution in [0.15, 0.2) is 35.6 Å². The van der Waals surface area contributed by atoms with E-state index in [1.54, 1.807) is 24.1 Å². The van der Waals surface area contributed by atoms with E-state index in [9.17, 15) is 9.59 Å². The van der Waals surface area contributed by atoms with Gasteiger partial charge in [0.15, 0.2) is 6.10 Å². The van der Waals surface area contributed by atoms with Crippen molar-refractivity contribution in [3.63, 3.8) is 0 Å². The normalized spacial score (nSPS) is 24.7. The summed E-state index contributed by atoms with van der Waals surface area (Å²) >= 11 is 0. The summed E-state index contributed by atoms with van der Waals surface area (Å²) in [7, 11) is 1.75. The van der Waals surface area contributed by atoms with Crippen LogP contribution in [0.2, 0.25) is 0 Å². The van der Waals surface area contributed by atoms with Gasteiger partial charge in [-0.1, -0.05) is 45.9 Å². The molecule has 0 aromatic heterocycles. The Kier molecular flexibility index (Phi) is 7.09.